The summed E-state index contributed by atoms with van der Waals surface area (Å²) in [6.07, 6.45) is 0. The average molecular weight is 246 g/mol. The van der Waals surface area contributed by atoms with E-state index in [0.717, 1.165) is 5.56 Å². The number of aliphatic hydroxyl groups excluding tert-OH is 1. The molecule has 0 saturated carbocycles. The van der Waals surface area contributed by atoms with Gasteiger partial charge in [0.05, 0.1) is 12.1 Å². The molecule has 72 valence electrons. The first-order chi connectivity index (χ1) is 5.97. The van der Waals surface area contributed by atoms with Crippen LogP contribution in [0.15, 0.2) is 22.7 Å². The highest BCUT2D eigenvalue weighted by atomic mass is 79.9. The monoisotopic (exact) mass is 245 g/mol. The van der Waals surface area contributed by atoms with E-state index in [2.05, 4.69) is 15.9 Å². The van der Waals surface area contributed by atoms with E-state index in [4.69, 9.17) is 15.9 Å². The van der Waals surface area contributed by atoms with Gasteiger partial charge in [-0.1, -0.05) is 22.0 Å². The summed E-state index contributed by atoms with van der Waals surface area (Å²) in [5.74, 6) is 0.171. The number of hydrogen-bond donors (Lipinski definition) is 3. The molecule has 0 saturated heterocycles. The predicted octanol–water partition coefficient (Wildman–Crippen LogP) is 1.32. The van der Waals surface area contributed by atoms with Gasteiger partial charge in [-0.3, -0.25) is 0 Å². The van der Waals surface area contributed by atoms with Crippen LogP contribution >= 0.6 is 15.9 Å². The highest BCUT2D eigenvalue weighted by molar-refractivity contribution is 9.10. The molecule has 13 heavy (non-hydrogen) atoms. The molecular weight excluding hydrogens is 234 g/mol. The molecular formula is C9H12BrNO2. The van der Waals surface area contributed by atoms with Crippen LogP contribution in [0.25, 0.3) is 0 Å². The fourth-order valence-electron chi connectivity index (χ4n) is 1.05. The normalized spacial score (nSPS) is 15.4. The van der Waals surface area contributed by atoms with Crippen molar-refractivity contribution in [2.75, 3.05) is 6.61 Å². The molecule has 0 aliphatic heterocycles. The van der Waals surface area contributed by atoms with Crippen LogP contribution in [0, 0.1) is 0 Å². The van der Waals surface area contributed by atoms with E-state index in [-0.39, 0.29) is 12.4 Å². The van der Waals surface area contributed by atoms with Crippen molar-refractivity contribution in [3.8, 4) is 5.75 Å². The molecule has 0 bridgehead atoms. The zero-order valence-electron chi connectivity index (χ0n) is 7.29. The number of aromatic hydroxyl groups is 1. The number of phenolic OH excluding ortho intramolecular Hbond substituents is 1. The zero-order valence-corrected chi connectivity index (χ0v) is 8.87. The van der Waals surface area contributed by atoms with Crippen molar-refractivity contribution in [3.63, 3.8) is 0 Å². The maximum absolute atomic E-state index is 9.14. The Morgan fingerprint density at radius 2 is 2.15 bits per heavy atom. The number of benzene rings is 1. The lowest BCUT2D eigenvalue weighted by Gasteiger charge is -2.23. The minimum absolute atomic E-state index is 0.142. The molecule has 3 nitrogen and oxygen atoms in total. The Hall–Kier alpha value is -0.580. The second-order valence-corrected chi connectivity index (χ2v) is 4.09. The van der Waals surface area contributed by atoms with Crippen molar-refractivity contribution in [1.82, 2.24) is 0 Å². The fourth-order valence-corrected chi connectivity index (χ4v) is 1.87. The van der Waals surface area contributed by atoms with Crippen molar-refractivity contribution in [2.45, 2.75) is 12.5 Å². The molecule has 1 aromatic carbocycles. The molecule has 0 aliphatic carbocycles. The summed E-state index contributed by atoms with van der Waals surface area (Å²) in [6.45, 7) is 1.58. The summed E-state index contributed by atoms with van der Waals surface area (Å²) < 4.78 is 0.701. The molecule has 0 unspecified atom stereocenters. The first kappa shape index (κ1) is 10.5. The maximum atomic E-state index is 9.14. The van der Waals surface area contributed by atoms with Crippen molar-refractivity contribution in [1.29, 1.82) is 0 Å². The number of phenols is 1. The van der Waals surface area contributed by atoms with Crippen molar-refractivity contribution >= 4 is 15.9 Å². The molecule has 1 atom stereocenters. The standard InChI is InChI=1S/C9H12BrNO2/c1-9(11,5-12)7-3-2-6(13)4-8(7)10/h2-4,12-13H,5,11H2,1H3/t9-/m0/s1. The Balaban J connectivity index is 3.16. The number of hydrogen-bond acceptors (Lipinski definition) is 3. The quantitative estimate of drug-likeness (QED) is 0.737. The predicted molar refractivity (Wildman–Crippen MR) is 54.4 cm³/mol. The zero-order chi connectivity index (χ0) is 10.1. The Morgan fingerprint density at radius 1 is 1.54 bits per heavy atom. The lowest BCUT2D eigenvalue weighted by atomic mass is 9.94. The number of rotatable bonds is 2. The lowest BCUT2D eigenvalue weighted by Crippen LogP contribution is -2.37. The number of nitrogens with two attached hydrogens (primary N) is 1. The smallest absolute Gasteiger partial charge is 0.116 e. The molecule has 1 aromatic rings. The molecule has 0 heterocycles. The molecule has 0 amide bonds. The molecule has 1 rings (SSSR count). The largest absolute Gasteiger partial charge is 0.508 e. The SMILES string of the molecule is C[C@](N)(CO)c1ccc(O)cc1Br. The van der Waals surface area contributed by atoms with Crippen LogP contribution < -0.4 is 5.73 Å². The first-order valence-electron chi connectivity index (χ1n) is 3.86. The van der Waals surface area contributed by atoms with Crippen LogP contribution in [0.3, 0.4) is 0 Å². The van der Waals surface area contributed by atoms with Gasteiger partial charge in [0.2, 0.25) is 0 Å². The minimum Gasteiger partial charge on any atom is -0.508 e. The number of halogens is 1. The van der Waals surface area contributed by atoms with Crippen molar-refractivity contribution < 1.29 is 10.2 Å². The first-order valence-corrected chi connectivity index (χ1v) is 4.65. The van der Waals surface area contributed by atoms with Crippen LogP contribution in [0.4, 0.5) is 0 Å². The highest BCUT2D eigenvalue weighted by Crippen LogP contribution is 2.29. The van der Waals surface area contributed by atoms with Gasteiger partial charge in [0, 0.05) is 4.47 Å². The molecule has 0 aromatic heterocycles. The van der Waals surface area contributed by atoms with Crippen LogP contribution in [0.2, 0.25) is 0 Å². The van der Waals surface area contributed by atoms with Crippen LogP contribution in [0.1, 0.15) is 12.5 Å². The Kier molecular flexibility index (Phi) is 2.95. The molecule has 4 N–H and O–H groups in total. The van der Waals surface area contributed by atoms with Gasteiger partial charge in [-0.05, 0) is 24.6 Å². The van der Waals surface area contributed by atoms with Gasteiger partial charge in [0.25, 0.3) is 0 Å². The van der Waals surface area contributed by atoms with E-state index < -0.39 is 5.54 Å². The van der Waals surface area contributed by atoms with Gasteiger partial charge in [0.1, 0.15) is 5.75 Å². The van der Waals surface area contributed by atoms with E-state index in [9.17, 15) is 0 Å². The Labute approximate surface area is 85.3 Å². The second-order valence-electron chi connectivity index (χ2n) is 3.24. The molecule has 0 aliphatic rings. The van der Waals surface area contributed by atoms with Crippen LogP contribution in [-0.4, -0.2) is 16.8 Å². The van der Waals surface area contributed by atoms with Crippen LogP contribution in [-0.2, 0) is 5.54 Å². The topological polar surface area (TPSA) is 66.5 Å². The molecule has 0 radical (unpaired) electrons. The number of aliphatic hydroxyl groups is 1. The van der Waals surface area contributed by atoms with Gasteiger partial charge >= 0.3 is 0 Å². The van der Waals surface area contributed by atoms with Crippen LogP contribution in [0.5, 0.6) is 5.75 Å². The van der Waals surface area contributed by atoms with E-state index in [1.807, 2.05) is 0 Å². The third-order valence-electron chi connectivity index (χ3n) is 1.90. The second kappa shape index (κ2) is 3.65. The van der Waals surface area contributed by atoms with Gasteiger partial charge in [-0.2, -0.15) is 0 Å². The summed E-state index contributed by atoms with van der Waals surface area (Å²) in [6, 6.07) is 4.78. The Bertz CT molecular complexity index is 312. The van der Waals surface area contributed by atoms with Crippen molar-refractivity contribution in [3.05, 3.63) is 28.2 Å². The molecule has 4 heteroatoms. The van der Waals surface area contributed by atoms with Gasteiger partial charge in [-0.15, -0.1) is 0 Å². The van der Waals surface area contributed by atoms with E-state index in [1.54, 1.807) is 25.1 Å². The average Bonchev–Trinajstić information content (AvgIpc) is 2.03. The van der Waals surface area contributed by atoms with E-state index >= 15 is 0 Å². The van der Waals surface area contributed by atoms with E-state index in [0.29, 0.717) is 4.47 Å². The molecule has 0 spiro atoms. The third-order valence-corrected chi connectivity index (χ3v) is 2.55. The highest BCUT2D eigenvalue weighted by Gasteiger charge is 2.22. The van der Waals surface area contributed by atoms with E-state index in [1.165, 1.54) is 0 Å². The lowest BCUT2D eigenvalue weighted by molar-refractivity contribution is 0.209. The third kappa shape index (κ3) is 2.21. The summed E-state index contributed by atoms with van der Waals surface area (Å²) in [7, 11) is 0. The summed E-state index contributed by atoms with van der Waals surface area (Å²) >= 11 is 3.27. The summed E-state index contributed by atoms with van der Waals surface area (Å²) in [5, 5.41) is 18.2. The fraction of sp³-hybridized carbons (Fsp3) is 0.333. The summed E-state index contributed by atoms with van der Waals surface area (Å²) in [5.41, 5.74) is 5.81. The van der Waals surface area contributed by atoms with Gasteiger partial charge in [0.15, 0.2) is 0 Å². The Morgan fingerprint density at radius 3 is 2.62 bits per heavy atom. The maximum Gasteiger partial charge on any atom is 0.116 e. The minimum atomic E-state index is -0.785. The molecule has 0 fully saturated rings. The summed E-state index contributed by atoms with van der Waals surface area (Å²) in [4.78, 5) is 0. The van der Waals surface area contributed by atoms with Crippen molar-refractivity contribution in [2.24, 2.45) is 5.73 Å². The van der Waals surface area contributed by atoms with Gasteiger partial charge < -0.3 is 15.9 Å². The van der Waals surface area contributed by atoms with Gasteiger partial charge in [-0.25, -0.2) is 0 Å².